The summed E-state index contributed by atoms with van der Waals surface area (Å²) in [4.78, 5) is 12.0. The number of methoxy groups -OCH3 is 1. The highest BCUT2D eigenvalue weighted by molar-refractivity contribution is 8.01. The number of hydrogen-bond donors (Lipinski definition) is 2. The van der Waals surface area contributed by atoms with E-state index in [1.54, 1.807) is 7.11 Å². The highest BCUT2D eigenvalue weighted by Crippen LogP contribution is 2.29. The lowest BCUT2D eigenvalue weighted by Gasteiger charge is -2.21. The third kappa shape index (κ3) is 4.83. The van der Waals surface area contributed by atoms with Crippen LogP contribution in [0.5, 0.6) is 0 Å². The minimum Gasteiger partial charge on any atom is -0.383 e. The first-order valence-corrected chi connectivity index (χ1v) is 8.89. The number of hydrogen-bond acceptors (Lipinski definition) is 8. The Morgan fingerprint density at radius 2 is 2.27 bits per heavy atom. The van der Waals surface area contributed by atoms with Gasteiger partial charge in [0.25, 0.3) is 0 Å². The molecule has 0 aromatic carbocycles. The number of carbonyl (C=O) groups is 1. The maximum Gasteiger partial charge on any atom is 0.231 e. The Kier molecular flexibility index (Phi) is 6.42. The van der Waals surface area contributed by atoms with Gasteiger partial charge in [-0.3, -0.25) is 4.79 Å². The van der Waals surface area contributed by atoms with Crippen molar-refractivity contribution in [3.63, 3.8) is 0 Å². The van der Waals surface area contributed by atoms with Gasteiger partial charge < -0.3 is 15.4 Å². The van der Waals surface area contributed by atoms with Crippen LogP contribution >= 0.6 is 23.1 Å². The molecule has 1 amide bonds. The van der Waals surface area contributed by atoms with Crippen molar-refractivity contribution in [2.75, 3.05) is 31.3 Å². The van der Waals surface area contributed by atoms with Crippen LogP contribution in [0, 0.1) is 11.3 Å². The highest BCUT2D eigenvalue weighted by Gasteiger charge is 2.35. The van der Waals surface area contributed by atoms with Crippen LogP contribution in [0.25, 0.3) is 0 Å². The number of anilines is 1. The Bertz CT molecular complexity index is 537. The van der Waals surface area contributed by atoms with E-state index < -0.39 is 5.54 Å². The molecule has 22 heavy (non-hydrogen) atoms. The Hall–Kier alpha value is -1.37. The number of nitrogens with one attached hydrogen (secondary N) is 2. The van der Waals surface area contributed by atoms with Crippen molar-refractivity contribution in [2.45, 2.75) is 35.6 Å². The van der Waals surface area contributed by atoms with Crippen LogP contribution in [-0.4, -0.2) is 47.7 Å². The molecule has 1 heterocycles. The Morgan fingerprint density at radius 3 is 2.95 bits per heavy atom. The van der Waals surface area contributed by atoms with Gasteiger partial charge in [-0.2, -0.15) is 5.26 Å². The fourth-order valence-electron chi connectivity index (χ4n) is 2.27. The van der Waals surface area contributed by atoms with Crippen molar-refractivity contribution >= 4 is 34.1 Å². The topological polar surface area (TPSA) is 99.9 Å². The quantitative estimate of drug-likeness (QED) is 0.547. The van der Waals surface area contributed by atoms with Crippen molar-refractivity contribution in [1.29, 1.82) is 5.26 Å². The third-order valence-corrected chi connectivity index (χ3v) is 5.38. The third-order valence-electron chi connectivity index (χ3n) is 3.37. The molecule has 0 radical (unpaired) electrons. The zero-order valence-electron chi connectivity index (χ0n) is 12.4. The first-order chi connectivity index (χ1) is 10.7. The minimum absolute atomic E-state index is 0.127. The summed E-state index contributed by atoms with van der Waals surface area (Å²) < 4.78 is 5.67. The molecule has 1 aliphatic carbocycles. The van der Waals surface area contributed by atoms with Gasteiger partial charge in [-0.15, -0.1) is 10.2 Å². The van der Waals surface area contributed by atoms with Crippen LogP contribution in [0.4, 0.5) is 5.13 Å². The molecule has 9 heteroatoms. The second-order valence-electron chi connectivity index (χ2n) is 5.03. The molecule has 0 spiro atoms. The fourth-order valence-corrected chi connectivity index (χ4v) is 3.85. The van der Waals surface area contributed by atoms with E-state index in [0.717, 1.165) is 30.0 Å². The number of nitrogens with zero attached hydrogens (tertiary/aromatic N) is 3. The maximum atomic E-state index is 12.0. The molecule has 0 bridgehead atoms. The van der Waals surface area contributed by atoms with Gasteiger partial charge in [-0.05, 0) is 25.7 Å². The normalized spacial score (nSPS) is 16.2. The van der Waals surface area contributed by atoms with Crippen LogP contribution in [0.2, 0.25) is 0 Å². The summed E-state index contributed by atoms with van der Waals surface area (Å²) in [5.74, 6) is 0.119. The summed E-state index contributed by atoms with van der Waals surface area (Å²) >= 11 is 2.74. The van der Waals surface area contributed by atoms with Crippen molar-refractivity contribution in [1.82, 2.24) is 15.5 Å². The second kappa shape index (κ2) is 8.31. The molecule has 7 nitrogen and oxygen atoms in total. The first kappa shape index (κ1) is 17.0. The summed E-state index contributed by atoms with van der Waals surface area (Å²) in [7, 11) is 1.64. The molecule has 1 fully saturated rings. The zero-order valence-corrected chi connectivity index (χ0v) is 14.1. The molecule has 0 aliphatic heterocycles. The lowest BCUT2D eigenvalue weighted by atomic mass is 10.0. The molecule has 1 aliphatic rings. The van der Waals surface area contributed by atoms with Gasteiger partial charge in [0.05, 0.1) is 18.4 Å². The molecule has 1 aromatic heterocycles. The molecule has 1 aromatic rings. The second-order valence-corrected chi connectivity index (χ2v) is 7.23. The molecule has 2 rings (SSSR count). The number of carbonyl (C=O) groups excluding carboxylic acids is 1. The Labute approximate surface area is 137 Å². The van der Waals surface area contributed by atoms with E-state index in [0.29, 0.717) is 18.3 Å². The monoisotopic (exact) mass is 341 g/mol. The molecular weight excluding hydrogens is 322 g/mol. The van der Waals surface area contributed by atoms with Crippen LogP contribution in [0.3, 0.4) is 0 Å². The zero-order chi connectivity index (χ0) is 15.8. The summed E-state index contributed by atoms with van der Waals surface area (Å²) in [5.41, 5.74) is -0.661. The van der Waals surface area contributed by atoms with Crippen molar-refractivity contribution in [2.24, 2.45) is 0 Å². The SMILES string of the molecule is COCCNc1nnc(SCC(=O)NC2(C#N)CCCC2)s1. The van der Waals surface area contributed by atoms with Gasteiger partial charge >= 0.3 is 0 Å². The lowest BCUT2D eigenvalue weighted by molar-refractivity contribution is -0.119. The van der Waals surface area contributed by atoms with Crippen LogP contribution < -0.4 is 10.6 Å². The summed E-state index contributed by atoms with van der Waals surface area (Å²) in [6.45, 7) is 1.27. The number of rotatable bonds is 8. The largest absolute Gasteiger partial charge is 0.383 e. The van der Waals surface area contributed by atoms with E-state index in [4.69, 9.17) is 4.74 Å². The van der Waals surface area contributed by atoms with Crippen molar-refractivity contribution < 1.29 is 9.53 Å². The highest BCUT2D eigenvalue weighted by atomic mass is 32.2. The summed E-state index contributed by atoms with van der Waals surface area (Å²) in [6, 6.07) is 2.25. The number of thioether (sulfide) groups is 1. The van der Waals surface area contributed by atoms with Crippen LogP contribution in [0.15, 0.2) is 4.34 Å². The number of ether oxygens (including phenoxy) is 1. The predicted octanol–water partition coefficient (Wildman–Crippen LogP) is 1.64. The average molecular weight is 341 g/mol. The van der Waals surface area contributed by atoms with Gasteiger partial charge in [-0.1, -0.05) is 23.1 Å². The number of amides is 1. The standard InChI is InChI=1S/C13H19N5O2S2/c1-20-7-6-15-11-17-18-12(22-11)21-8-10(19)16-13(9-14)4-2-3-5-13/h2-8H2,1H3,(H,15,17)(H,16,19). The first-order valence-electron chi connectivity index (χ1n) is 7.09. The Balaban J connectivity index is 1.75. The molecule has 120 valence electrons. The van der Waals surface area contributed by atoms with Gasteiger partial charge in [0.1, 0.15) is 5.54 Å². The lowest BCUT2D eigenvalue weighted by Crippen LogP contribution is -2.45. The average Bonchev–Trinajstić information content (AvgIpc) is 3.15. The van der Waals surface area contributed by atoms with E-state index in [1.807, 2.05) is 0 Å². The van der Waals surface area contributed by atoms with Gasteiger partial charge in [-0.25, -0.2) is 0 Å². The summed E-state index contributed by atoms with van der Waals surface area (Å²) in [5, 5.41) is 23.9. The van der Waals surface area contributed by atoms with Gasteiger partial charge in [0, 0.05) is 13.7 Å². The molecule has 2 N–H and O–H groups in total. The van der Waals surface area contributed by atoms with Gasteiger partial charge in [0.15, 0.2) is 4.34 Å². The van der Waals surface area contributed by atoms with E-state index >= 15 is 0 Å². The molecule has 1 saturated carbocycles. The van der Waals surface area contributed by atoms with E-state index in [9.17, 15) is 10.1 Å². The van der Waals surface area contributed by atoms with Crippen molar-refractivity contribution in [3.8, 4) is 6.07 Å². The predicted molar refractivity (Wildman–Crippen MR) is 86.0 cm³/mol. The maximum absolute atomic E-state index is 12.0. The van der Waals surface area contributed by atoms with Crippen LogP contribution in [-0.2, 0) is 9.53 Å². The van der Waals surface area contributed by atoms with Crippen molar-refractivity contribution in [3.05, 3.63) is 0 Å². The fraction of sp³-hybridized carbons (Fsp3) is 0.692. The summed E-state index contributed by atoms with van der Waals surface area (Å²) in [6.07, 6.45) is 3.47. The molecule has 0 unspecified atom stereocenters. The Morgan fingerprint density at radius 1 is 1.50 bits per heavy atom. The number of aromatic nitrogens is 2. The molecular formula is C13H19N5O2S2. The minimum atomic E-state index is -0.661. The van der Waals surface area contributed by atoms with Gasteiger partial charge in [0.2, 0.25) is 11.0 Å². The van der Waals surface area contributed by atoms with E-state index in [-0.39, 0.29) is 11.7 Å². The molecule has 0 atom stereocenters. The number of nitriles is 1. The van der Waals surface area contributed by atoms with E-state index in [1.165, 1.54) is 23.1 Å². The van der Waals surface area contributed by atoms with Crippen LogP contribution in [0.1, 0.15) is 25.7 Å². The van der Waals surface area contributed by atoms with E-state index in [2.05, 4.69) is 26.9 Å². The smallest absolute Gasteiger partial charge is 0.231 e. The molecule has 0 saturated heterocycles.